The van der Waals surface area contributed by atoms with E-state index in [9.17, 15) is 4.79 Å². The highest BCUT2D eigenvalue weighted by Crippen LogP contribution is 2.15. The first kappa shape index (κ1) is 14.5. The molecule has 1 amide bonds. The molecular weight excluding hydrogens is 214 g/mol. The van der Waals surface area contributed by atoms with Crippen LogP contribution in [-0.4, -0.2) is 31.1 Å². The SMILES string of the molecule is CC(C)CC(C)(N)C(=O)NCC1CCNCC1. The molecular formula is C13H27N3O. The number of hydrogen-bond acceptors (Lipinski definition) is 3. The lowest BCUT2D eigenvalue weighted by molar-refractivity contribution is -0.126. The van der Waals surface area contributed by atoms with Gasteiger partial charge in [-0.05, 0) is 51.1 Å². The topological polar surface area (TPSA) is 67.2 Å². The van der Waals surface area contributed by atoms with E-state index in [1.54, 1.807) is 0 Å². The van der Waals surface area contributed by atoms with Gasteiger partial charge in [-0.25, -0.2) is 0 Å². The van der Waals surface area contributed by atoms with Crippen LogP contribution in [0, 0.1) is 11.8 Å². The fraction of sp³-hybridized carbons (Fsp3) is 0.923. The molecule has 1 saturated heterocycles. The molecule has 1 atom stereocenters. The quantitative estimate of drug-likeness (QED) is 0.669. The molecule has 1 aliphatic heterocycles. The highest BCUT2D eigenvalue weighted by atomic mass is 16.2. The second kappa shape index (κ2) is 6.36. The Hall–Kier alpha value is -0.610. The summed E-state index contributed by atoms with van der Waals surface area (Å²) >= 11 is 0. The Kier molecular flexibility index (Phi) is 5.40. The smallest absolute Gasteiger partial charge is 0.239 e. The Bertz CT molecular complexity index is 245. The number of nitrogens with one attached hydrogen (secondary N) is 2. The van der Waals surface area contributed by atoms with Crippen molar-refractivity contribution in [3.05, 3.63) is 0 Å². The number of nitrogens with two attached hydrogens (primary N) is 1. The van der Waals surface area contributed by atoms with Gasteiger partial charge in [-0.1, -0.05) is 13.8 Å². The first-order valence-corrected chi connectivity index (χ1v) is 6.69. The van der Waals surface area contributed by atoms with Gasteiger partial charge < -0.3 is 16.4 Å². The van der Waals surface area contributed by atoms with Crippen LogP contribution in [0.15, 0.2) is 0 Å². The molecule has 1 unspecified atom stereocenters. The zero-order valence-electron chi connectivity index (χ0n) is 11.4. The van der Waals surface area contributed by atoms with Crippen molar-refractivity contribution in [2.45, 2.75) is 45.6 Å². The van der Waals surface area contributed by atoms with Crippen LogP contribution in [0.3, 0.4) is 0 Å². The van der Waals surface area contributed by atoms with Gasteiger partial charge >= 0.3 is 0 Å². The Morgan fingerprint density at radius 3 is 2.59 bits per heavy atom. The highest BCUT2D eigenvalue weighted by Gasteiger charge is 2.29. The molecule has 4 heteroatoms. The summed E-state index contributed by atoms with van der Waals surface area (Å²) in [4.78, 5) is 12.0. The van der Waals surface area contributed by atoms with Crippen molar-refractivity contribution in [2.75, 3.05) is 19.6 Å². The van der Waals surface area contributed by atoms with Crippen molar-refractivity contribution < 1.29 is 4.79 Å². The summed E-state index contributed by atoms with van der Waals surface area (Å²) in [6, 6.07) is 0. The van der Waals surface area contributed by atoms with Crippen molar-refractivity contribution in [1.29, 1.82) is 0 Å². The lowest BCUT2D eigenvalue weighted by Gasteiger charge is -2.28. The fourth-order valence-electron chi connectivity index (χ4n) is 2.47. The maximum Gasteiger partial charge on any atom is 0.239 e. The van der Waals surface area contributed by atoms with Gasteiger partial charge in [0.15, 0.2) is 0 Å². The van der Waals surface area contributed by atoms with Crippen LogP contribution in [0.4, 0.5) is 0 Å². The molecule has 1 fully saturated rings. The minimum Gasteiger partial charge on any atom is -0.354 e. The summed E-state index contributed by atoms with van der Waals surface area (Å²) in [6.07, 6.45) is 3.02. The van der Waals surface area contributed by atoms with Crippen molar-refractivity contribution in [3.8, 4) is 0 Å². The number of piperidine rings is 1. The maximum atomic E-state index is 12.0. The van der Waals surface area contributed by atoms with E-state index in [2.05, 4.69) is 24.5 Å². The first-order valence-electron chi connectivity index (χ1n) is 6.69. The van der Waals surface area contributed by atoms with Gasteiger partial charge in [0.25, 0.3) is 0 Å². The zero-order chi connectivity index (χ0) is 12.9. The summed E-state index contributed by atoms with van der Waals surface area (Å²) in [5.41, 5.74) is 5.32. The lowest BCUT2D eigenvalue weighted by atomic mass is 9.90. The van der Waals surface area contributed by atoms with E-state index in [0.29, 0.717) is 11.8 Å². The van der Waals surface area contributed by atoms with Gasteiger partial charge in [0.1, 0.15) is 0 Å². The predicted molar refractivity (Wildman–Crippen MR) is 70.7 cm³/mol. The monoisotopic (exact) mass is 241 g/mol. The molecule has 100 valence electrons. The van der Waals surface area contributed by atoms with Crippen LogP contribution < -0.4 is 16.4 Å². The van der Waals surface area contributed by atoms with Crippen LogP contribution in [0.1, 0.15) is 40.0 Å². The van der Waals surface area contributed by atoms with E-state index in [4.69, 9.17) is 5.73 Å². The zero-order valence-corrected chi connectivity index (χ0v) is 11.4. The van der Waals surface area contributed by atoms with E-state index in [0.717, 1.165) is 38.9 Å². The van der Waals surface area contributed by atoms with E-state index in [1.165, 1.54) is 0 Å². The molecule has 0 aromatic heterocycles. The largest absolute Gasteiger partial charge is 0.354 e. The van der Waals surface area contributed by atoms with Gasteiger partial charge in [-0.3, -0.25) is 4.79 Å². The van der Waals surface area contributed by atoms with Crippen LogP contribution in [0.25, 0.3) is 0 Å². The Labute approximate surface area is 105 Å². The third-order valence-electron chi connectivity index (χ3n) is 3.36. The molecule has 0 bridgehead atoms. The number of carbonyl (C=O) groups is 1. The Morgan fingerprint density at radius 1 is 1.47 bits per heavy atom. The molecule has 4 nitrogen and oxygen atoms in total. The van der Waals surface area contributed by atoms with E-state index < -0.39 is 5.54 Å². The molecule has 1 aliphatic rings. The lowest BCUT2D eigenvalue weighted by Crippen LogP contribution is -2.53. The van der Waals surface area contributed by atoms with Crippen LogP contribution in [0.5, 0.6) is 0 Å². The summed E-state index contributed by atoms with van der Waals surface area (Å²) in [5.74, 6) is 1.04. The van der Waals surface area contributed by atoms with Crippen LogP contribution >= 0.6 is 0 Å². The number of amides is 1. The predicted octanol–water partition coefficient (Wildman–Crippen LogP) is 0.866. The van der Waals surface area contributed by atoms with Crippen molar-refractivity contribution in [3.63, 3.8) is 0 Å². The van der Waals surface area contributed by atoms with E-state index in [-0.39, 0.29) is 5.91 Å². The molecule has 0 aliphatic carbocycles. The Morgan fingerprint density at radius 2 is 2.06 bits per heavy atom. The average Bonchev–Trinajstić information content (AvgIpc) is 2.25. The summed E-state index contributed by atoms with van der Waals surface area (Å²) in [6.45, 7) is 8.89. The van der Waals surface area contributed by atoms with Crippen LogP contribution in [-0.2, 0) is 4.79 Å². The third-order valence-corrected chi connectivity index (χ3v) is 3.36. The molecule has 0 radical (unpaired) electrons. The fourth-order valence-corrected chi connectivity index (χ4v) is 2.47. The second-order valence-electron chi connectivity index (χ2n) is 5.92. The normalized spacial score (nSPS) is 21.2. The number of hydrogen-bond donors (Lipinski definition) is 3. The minimum absolute atomic E-state index is 0.00951. The molecule has 1 rings (SSSR count). The third kappa shape index (κ3) is 5.04. The molecule has 0 spiro atoms. The maximum absolute atomic E-state index is 12.0. The molecule has 4 N–H and O–H groups in total. The van der Waals surface area contributed by atoms with Gasteiger partial charge in [-0.15, -0.1) is 0 Å². The van der Waals surface area contributed by atoms with Crippen molar-refractivity contribution in [2.24, 2.45) is 17.6 Å². The molecule has 17 heavy (non-hydrogen) atoms. The first-order chi connectivity index (χ1) is 7.92. The molecule has 1 heterocycles. The standard InChI is InChI=1S/C13H27N3O/c1-10(2)8-13(3,14)12(17)16-9-11-4-6-15-7-5-11/h10-11,15H,4-9,14H2,1-3H3,(H,16,17). The van der Waals surface area contributed by atoms with E-state index in [1.807, 2.05) is 6.92 Å². The number of rotatable bonds is 5. The van der Waals surface area contributed by atoms with E-state index >= 15 is 0 Å². The molecule has 0 aromatic rings. The minimum atomic E-state index is -0.735. The highest BCUT2D eigenvalue weighted by molar-refractivity contribution is 5.85. The van der Waals surface area contributed by atoms with Crippen molar-refractivity contribution in [1.82, 2.24) is 10.6 Å². The second-order valence-corrected chi connectivity index (χ2v) is 5.92. The molecule has 0 saturated carbocycles. The summed E-state index contributed by atoms with van der Waals surface area (Å²) in [5, 5.41) is 6.33. The Balaban J connectivity index is 2.32. The van der Waals surface area contributed by atoms with Gasteiger partial charge in [-0.2, -0.15) is 0 Å². The summed E-state index contributed by atoms with van der Waals surface area (Å²) < 4.78 is 0. The average molecular weight is 241 g/mol. The summed E-state index contributed by atoms with van der Waals surface area (Å²) in [7, 11) is 0. The molecule has 0 aromatic carbocycles. The van der Waals surface area contributed by atoms with Gasteiger partial charge in [0.05, 0.1) is 5.54 Å². The van der Waals surface area contributed by atoms with Crippen molar-refractivity contribution >= 4 is 5.91 Å². The van der Waals surface area contributed by atoms with Gasteiger partial charge in [0, 0.05) is 6.54 Å². The van der Waals surface area contributed by atoms with Gasteiger partial charge in [0.2, 0.25) is 5.91 Å². The number of carbonyl (C=O) groups excluding carboxylic acids is 1. The van der Waals surface area contributed by atoms with Crippen LogP contribution in [0.2, 0.25) is 0 Å².